The standard InChI is InChI=1S/C60H59N4O.Pt/c1-56(2,3)36-29-42-43-30-37(57(4,5)6)32-47(59(10,11)12)54(43)60(53(42)46(31-36)58(7,8)9)44-27-25-39(34-51(44)63-35-62(13)49-22-18-20-45(60)55(49)63)65-38-24-26-41-40-19-14-15-21-48(40)64(50(41)33-38)52-23-16-17-28-61-52;/h14-32,35H,1-13H3;/q-3;/i13D3;. The van der Waals surface area contributed by atoms with E-state index in [2.05, 4.69) is 165 Å². The Morgan fingerprint density at radius 2 is 1.24 bits per heavy atom. The van der Waals surface area contributed by atoms with E-state index < -0.39 is 12.4 Å². The maximum Gasteiger partial charge on any atom is 0.135 e. The number of rotatable bonds is 3. The van der Waals surface area contributed by atoms with Crippen molar-refractivity contribution in [1.29, 1.82) is 0 Å². The van der Waals surface area contributed by atoms with Gasteiger partial charge in [-0.2, -0.15) is 18.8 Å². The first kappa shape index (κ1) is 40.6. The Balaban J connectivity index is 0.00000553. The van der Waals surface area contributed by atoms with Gasteiger partial charge in [0, 0.05) is 65.2 Å². The molecule has 11 rings (SSSR count). The number of aromatic nitrogens is 2. The first-order chi connectivity index (χ1) is 31.9. The molecule has 6 heteroatoms. The topological polar surface area (TPSA) is 33.5 Å². The summed E-state index contributed by atoms with van der Waals surface area (Å²) < 4.78 is 35.6. The van der Waals surface area contributed by atoms with Crippen LogP contribution in [-0.4, -0.2) is 16.5 Å². The summed E-state index contributed by atoms with van der Waals surface area (Å²) in [6.45, 7) is 27.1. The molecule has 0 unspecified atom stereocenters. The Bertz CT molecular complexity index is 3320. The van der Waals surface area contributed by atoms with Crippen LogP contribution in [0.4, 0.5) is 17.1 Å². The SMILES string of the molecule is [2H]C([2H])([2H])N1[CH-]N2c3[c-]c(Oc4[c-]c5c(cc4)c4ccccc4n5-c4ccccn4)ccc3C3(c4cccc1c42)c1c(cc(C(C)(C)C)cc1C(C)(C)C)-c1cc(C(C)(C)C)cc(C(C)(C)C)c13.[Pt]. The first-order valence-electron chi connectivity index (χ1n) is 24.5. The fourth-order valence-electron chi connectivity index (χ4n) is 10.9. The van der Waals surface area contributed by atoms with Crippen LogP contribution in [0.2, 0.25) is 0 Å². The number of ether oxygens (including phenoxy) is 1. The number of benzene rings is 6. The quantitative estimate of drug-likeness (QED) is 0.165. The van der Waals surface area contributed by atoms with Gasteiger partial charge in [-0.15, -0.1) is 35.2 Å². The monoisotopic (exact) mass is 1050 g/mol. The minimum absolute atomic E-state index is 0. The van der Waals surface area contributed by atoms with Crippen molar-refractivity contribution < 1.29 is 29.9 Å². The zero-order valence-corrected chi connectivity index (χ0v) is 42.3. The Morgan fingerprint density at radius 3 is 1.85 bits per heavy atom. The molecule has 0 saturated carbocycles. The third-order valence-electron chi connectivity index (χ3n) is 14.0. The second-order valence-electron chi connectivity index (χ2n) is 22.5. The predicted octanol–water partition coefficient (Wildman–Crippen LogP) is 15.1. The van der Waals surface area contributed by atoms with Crippen LogP contribution < -0.4 is 14.5 Å². The number of nitrogens with zero attached hydrogens (tertiary/aromatic N) is 4. The van der Waals surface area contributed by atoms with Crippen molar-refractivity contribution in [1.82, 2.24) is 9.55 Å². The molecule has 0 saturated heterocycles. The average molecular weight is 1050 g/mol. The van der Waals surface area contributed by atoms with Crippen molar-refractivity contribution in [3.63, 3.8) is 0 Å². The molecule has 5 nitrogen and oxygen atoms in total. The van der Waals surface area contributed by atoms with Crippen molar-refractivity contribution in [2.75, 3.05) is 16.8 Å². The summed E-state index contributed by atoms with van der Waals surface area (Å²) in [6.07, 6.45) is 1.81. The van der Waals surface area contributed by atoms with Crippen molar-refractivity contribution in [2.24, 2.45) is 0 Å². The molecule has 3 aliphatic rings. The van der Waals surface area contributed by atoms with Crippen LogP contribution in [-0.2, 0) is 48.1 Å². The van der Waals surface area contributed by atoms with E-state index in [0.29, 0.717) is 17.2 Å². The molecule has 1 aliphatic carbocycles. The average Bonchev–Trinajstić information content (AvgIpc) is 3.92. The minimum atomic E-state index is -2.45. The Kier molecular flexibility index (Phi) is 9.03. The molecular formula is C60H59N4OPt-3. The van der Waals surface area contributed by atoms with Crippen LogP contribution in [0.25, 0.3) is 38.8 Å². The normalized spacial score (nSPS) is 15.8. The van der Waals surface area contributed by atoms with Crippen LogP contribution in [0.5, 0.6) is 11.5 Å². The molecule has 6 aromatic carbocycles. The molecule has 66 heavy (non-hydrogen) atoms. The summed E-state index contributed by atoms with van der Waals surface area (Å²) >= 11 is 0. The number of anilines is 3. The number of para-hydroxylation sites is 2. The van der Waals surface area contributed by atoms with E-state index in [4.69, 9.17) is 13.8 Å². The van der Waals surface area contributed by atoms with E-state index in [-0.39, 0.29) is 42.7 Å². The molecule has 0 atom stereocenters. The molecule has 0 N–H and O–H groups in total. The number of pyridine rings is 1. The molecule has 1 spiro atoms. The number of hydrogen-bond acceptors (Lipinski definition) is 4. The summed E-state index contributed by atoms with van der Waals surface area (Å²) in [4.78, 5) is 8.23. The molecule has 0 amide bonds. The van der Waals surface area contributed by atoms with Gasteiger partial charge in [-0.05, 0) is 108 Å². The van der Waals surface area contributed by atoms with Crippen LogP contribution >= 0.6 is 0 Å². The third-order valence-corrected chi connectivity index (χ3v) is 14.0. The van der Waals surface area contributed by atoms with E-state index in [1.165, 1.54) is 49.4 Å². The zero-order valence-electron chi connectivity index (χ0n) is 43.1. The van der Waals surface area contributed by atoms with Gasteiger partial charge in [-0.25, -0.2) is 4.98 Å². The van der Waals surface area contributed by atoms with Gasteiger partial charge in [-0.3, -0.25) is 0 Å². The summed E-state index contributed by atoms with van der Waals surface area (Å²) in [7, 11) is 0. The van der Waals surface area contributed by atoms with E-state index >= 15 is 0 Å². The number of fused-ring (bicyclic) bond motifs is 12. The molecule has 338 valence electrons. The second kappa shape index (κ2) is 14.7. The van der Waals surface area contributed by atoms with E-state index in [1.54, 1.807) is 12.9 Å². The maximum atomic E-state index is 8.86. The molecule has 8 aromatic rings. The smallest absolute Gasteiger partial charge is 0.135 e. The van der Waals surface area contributed by atoms with E-state index in [1.807, 2.05) is 48.5 Å². The van der Waals surface area contributed by atoms with Gasteiger partial charge in [-0.1, -0.05) is 155 Å². The van der Waals surface area contributed by atoms with Gasteiger partial charge in [0.05, 0.1) is 0 Å². The molecule has 0 bridgehead atoms. The van der Waals surface area contributed by atoms with Crippen LogP contribution in [0.1, 0.15) is 132 Å². The van der Waals surface area contributed by atoms with Gasteiger partial charge in [0.25, 0.3) is 0 Å². The largest absolute Gasteiger partial charge is 0.509 e. The predicted molar refractivity (Wildman–Crippen MR) is 270 cm³/mol. The first-order valence-corrected chi connectivity index (χ1v) is 23.0. The van der Waals surface area contributed by atoms with E-state index in [0.717, 1.165) is 50.1 Å². The van der Waals surface area contributed by atoms with Gasteiger partial charge >= 0.3 is 0 Å². The summed E-state index contributed by atoms with van der Waals surface area (Å²) in [5.74, 6) is 1.82. The van der Waals surface area contributed by atoms with Crippen molar-refractivity contribution in [3.05, 3.63) is 179 Å². The molecule has 2 aliphatic heterocycles. The molecule has 0 radical (unpaired) electrons. The fraction of sp³-hybridized carbons (Fsp3) is 0.300. The molecule has 0 fully saturated rings. The van der Waals surface area contributed by atoms with Crippen LogP contribution in [0, 0.1) is 18.8 Å². The molecule has 2 aromatic heterocycles. The summed E-state index contributed by atoms with van der Waals surface area (Å²) in [6, 6.07) is 46.1. The Labute approximate surface area is 410 Å². The Morgan fingerprint density at radius 1 is 0.621 bits per heavy atom. The molecule has 4 heterocycles. The van der Waals surface area contributed by atoms with E-state index in [9.17, 15) is 0 Å². The van der Waals surface area contributed by atoms with Crippen LogP contribution in [0.15, 0.2) is 115 Å². The minimum Gasteiger partial charge on any atom is -0.509 e. The van der Waals surface area contributed by atoms with Gasteiger partial charge in [0.15, 0.2) is 0 Å². The van der Waals surface area contributed by atoms with Gasteiger partial charge < -0.3 is 19.1 Å². The Hall–Kier alpha value is -5.64. The van der Waals surface area contributed by atoms with Gasteiger partial charge in [0.2, 0.25) is 0 Å². The zero-order chi connectivity index (χ0) is 48.2. The van der Waals surface area contributed by atoms with Crippen LogP contribution in [0.3, 0.4) is 0 Å². The fourth-order valence-corrected chi connectivity index (χ4v) is 10.9. The van der Waals surface area contributed by atoms with Crippen molar-refractivity contribution in [2.45, 2.75) is 110 Å². The second-order valence-corrected chi connectivity index (χ2v) is 22.5. The summed E-state index contributed by atoms with van der Waals surface area (Å²) in [5.41, 5.74) is 14.6. The third kappa shape index (κ3) is 6.39. The van der Waals surface area contributed by atoms with Gasteiger partial charge in [0.1, 0.15) is 5.82 Å². The van der Waals surface area contributed by atoms with Crippen molar-refractivity contribution >= 4 is 38.9 Å². The maximum absolute atomic E-state index is 8.86. The number of hydrogen-bond donors (Lipinski definition) is 0. The van der Waals surface area contributed by atoms with Crippen molar-refractivity contribution in [3.8, 4) is 28.4 Å². The summed E-state index contributed by atoms with van der Waals surface area (Å²) in [5, 5.41) is 2.15. The molecular weight excluding hydrogens is 988 g/mol.